The van der Waals surface area contributed by atoms with E-state index in [0.717, 1.165) is 21.7 Å². The lowest BCUT2D eigenvalue weighted by molar-refractivity contribution is -0.117. The Morgan fingerprint density at radius 1 is 1.11 bits per heavy atom. The van der Waals surface area contributed by atoms with Gasteiger partial charge in [-0.3, -0.25) is 9.10 Å². The van der Waals surface area contributed by atoms with Crippen molar-refractivity contribution >= 4 is 27.3 Å². The van der Waals surface area contributed by atoms with Crippen LogP contribution in [-0.2, 0) is 14.8 Å². The zero-order chi connectivity index (χ0) is 20.2. The molecule has 0 aromatic heterocycles. The fourth-order valence-electron chi connectivity index (χ4n) is 3.06. The van der Waals surface area contributed by atoms with Crippen LogP contribution < -0.4 is 14.4 Å². The third-order valence-corrected chi connectivity index (χ3v) is 5.33. The van der Waals surface area contributed by atoms with Crippen molar-refractivity contribution in [3.8, 4) is 5.75 Å². The predicted molar refractivity (Wildman–Crippen MR) is 109 cm³/mol. The molecule has 0 bridgehead atoms. The summed E-state index contributed by atoms with van der Waals surface area (Å²) in [5, 5.41) is 2.85. The molecule has 0 saturated carbocycles. The molecule has 1 amide bonds. The first-order valence-electron chi connectivity index (χ1n) is 8.68. The average molecular weight is 391 g/mol. The third-order valence-electron chi connectivity index (χ3n) is 4.15. The summed E-state index contributed by atoms with van der Waals surface area (Å²) in [6, 6.07) is 11.5. The molecule has 0 fully saturated rings. The van der Waals surface area contributed by atoms with E-state index in [2.05, 4.69) is 5.32 Å². The number of benzene rings is 2. The van der Waals surface area contributed by atoms with Gasteiger partial charge in [0.25, 0.3) is 0 Å². The van der Waals surface area contributed by atoms with Crippen LogP contribution >= 0.6 is 0 Å². The van der Waals surface area contributed by atoms with Crippen LogP contribution in [0.1, 0.15) is 24.5 Å². The zero-order valence-corrected chi connectivity index (χ0v) is 17.1. The van der Waals surface area contributed by atoms with Crippen LogP contribution in [0.25, 0.3) is 0 Å². The van der Waals surface area contributed by atoms with Gasteiger partial charge in [0, 0.05) is 5.69 Å². The van der Waals surface area contributed by atoms with Gasteiger partial charge >= 0.3 is 0 Å². The highest BCUT2D eigenvalue weighted by Crippen LogP contribution is 2.26. The minimum absolute atomic E-state index is 0.329. The highest BCUT2D eigenvalue weighted by molar-refractivity contribution is 7.92. The number of ether oxygens (including phenoxy) is 1. The highest BCUT2D eigenvalue weighted by Gasteiger charge is 2.31. The lowest BCUT2D eigenvalue weighted by atomic mass is 10.1. The third kappa shape index (κ3) is 5.23. The normalized spacial score (nSPS) is 12.3. The number of sulfonamides is 1. The Balaban J connectivity index is 2.37. The number of hydrogen-bond donors (Lipinski definition) is 1. The number of aryl methyl sites for hydroxylation is 2. The fourth-order valence-corrected chi connectivity index (χ4v) is 4.27. The van der Waals surface area contributed by atoms with Crippen LogP contribution in [0.5, 0.6) is 5.75 Å². The summed E-state index contributed by atoms with van der Waals surface area (Å²) in [7, 11) is -2.13. The number of nitrogens with zero attached hydrogens (tertiary/aromatic N) is 1. The highest BCUT2D eigenvalue weighted by atomic mass is 32.2. The molecule has 0 heterocycles. The van der Waals surface area contributed by atoms with Gasteiger partial charge < -0.3 is 10.1 Å². The maximum atomic E-state index is 12.9. The van der Waals surface area contributed by atoms with Crippen LogP contribution in [0.3, 0.4) is 0 Å². The van der Waals surface area contributed by atoms with E-state index in [-0.39, 0.29) is 5.91 Å². The van der Waals surface area contributed by atoms with Gasteiger partial charge in [0.05, 0.1) is 19.1 Å². The number of rotatable bonds is 7. The molecule has 1 N–H and O–H groups in total. The number of anilines is 2. The van der Waals surface area contributed by atoms with Gasteiger partial charge in [-0.1, -0.05) is 13.0 Å². The molecule has 0 unspecified atom stereocenters. The molecule has 0 saturated heterocycles. The summed E-state index contributed by atoms with van der Waals surface area (Å²) in [6.07, 6.45) is 1.43. The van der Waals surface area contributed by atoms with Crippen LogP contribution in [-0.4, -0.2) is 33.7 Å². The van der Waals surface area contributed by atoms with E-state index in [0.29, 0.717) is 23.5 Å². The summed E-state index contributed by atoms with van der Waals surface area (Å²) < 4.78 is 31.2. The minimum Gasteiger partial charge on any atom is -0.497 e. The van der Waals surface area contributed by atoms with Crippen molar-refractivity contribution in [2.45, 2.75) is 33.2 Å². The monoisotopic (exact) mass is 390 g/mol. The van der Waals surface area contributed by atoms with E-state index < -0.39 is 16.1 Å². The van der Waals surface area contributed by atoms with Gasteiger partial charge in [0.15, 0.2) is 0 Å². The van der Waals surface area contributed by atoms with Crippen molar-refractivity contribution in [1.82, 2.24) is 0 Å². The molecule has 2 rings (SSSR count). The zero-order valence-electron chi connectivity index (χ0n) is 16.3. The maximum absolute atomic E-state index is 12.9. The number of hydrogen-bond acceptors (Lipinski definition) is 4. The smallest absolute Gasteiger partial charge is 0.248 e. The number of carbonyl (C=O) groups excluding carboxylic acids is 1. The second-order valence-corrected chi connectivity index (χ2v) is 8.41. The first kappa shape index (κ1) is 20.8. The molecule has 7 heteroatoms. The topological polar surface area (TPSA) is 75.7 Å². The fraction of sp³-hybridized carbons (Fsp3) is 0.350. The lowest BCUT2D eigenvalue weighted by Crippen LogP contribution is -2.47. The quantitative estimate of drug-likeness (QED) is 0.785. The van der Waals surface area contributed by atoms with E-state index in [1.54, 1.807) is 31.2 Å². The second kappa shape index (κ2) is 8.43. The molecule has 0 aliphatic rings. The van der Waals surface area contributed by atoms with Gasteiger partial charge in [-0.05, 0) is 67.8 Å². The second-order valence-electron chi connectivity index (χ2n) is 6.55. The molecule has 2 aromatic rings. The molecule has 0 aliphatic carbocycles. The van der Waals surface area contributed by atoms with Crippen molar-refractivity contribution in [2.24, 2.45) is 0 Å². The lowest BCUT2D eigenvalue weighted by Gasteiger charge is -2.30. The van der Waals surface area contributed by atoms with Gasteiger partial charge in [-0.2, -0.15) is 0 Å². The molecule has 0 aliphatic heterocycles. The van der Waals surface area contributed by atoms with E-state index in [9.17, 15) is 13.2 Å². The van der Waals surface area contributed by atoms with Gasteiger partial charge in [0.1, 0.15) is 11.8 Å². The summed E-state index contributed by atoms with van der Waals surface area (Å²) in [5.74, 6) is 0.240. The van der Waals surface area contributed by atoms with E-state index in [1.165, 1.54) is 7.11 Å². The van der Waals surface area contributed by atoms with Crippen molar-refractivity contribution in [3.05, 3.63) is 53.6 Å². The molecule has 146 valence electrons. The average Bonchev–Trinajstić information content (AvgIpc) is 2.57. The largest absolute Gasteiger partial charge is 0.497 e. The Kier molecular flexibility index (Phi) is 6.49. The Morgan fingerprint density at radius 3 is 2.11 bits per heavy atom. The van der Waals surface area contributed by atoms with Crippen molar-refractivity contribution < 1.29 is 17.9 Å². The molecule has 1 atom stereocenters. The SMILES string of the molecule is CC[C@H](C(=O)Nc1cc(C)cc(C)c1)N(c1ccc(OC)cc1)S(C)(=O)=O. The molecule has 0 radical (unpaired) electrons. The first-order chi connectivity index (χ1) is 12.7. The Labute approximate surface area is 161 Å². The molecule has 6 nitrogen and oxygen atoms in total. The molecule has 0 spiro atoms. The van der Waals surface area contributed by atoms with Crippen LogP contribution in [0.15, 0.2) is 42.5 Å². The van der Waals surface area contributed by atoms with E-state index >= 15 is 0 Å². The Bertz CT molecular complexity index is 888. The number of carbonyl (C=O) groups is 1. The van der Waals surface area contributed by atoms with Crippen LogP contribution in [0.2, 0.25) is 0 Å². The predicted octanol–water partition coefficient (Wildman–Crippen LogP) is 3.50. The number of methoxy groups -OCH3 is 1. The van der Waals surface area contributed by atoms with Crippen molar-refractivity contribution in [3.63, 3.8) is 0 Å². The van der Waals surface area contributed by atoms with Gasteiger partial charge in [0.2, 0.25) is 15.9 Å². The molecule has 27 heavy (non-hydrogen) atoms. The molecular weight excluding hydrogens is 364 g/mol. The standard InChI is InChI=1S/C20H26N2O4S/c1-6-19(20(23)21-16-12-14(2)11-15(3)13-16)22(27(5,24)25)17-7-9-18(26-4)10-8-17/h7-13,19H,6H2,1-5H3,(H,21,23)/t19-/m1/s1. The summed E-state index contributed by atoms with van der Waals surface area (Å²) >= 11 is 0. The van der Waals surface area contributed by atoms with Crippen LogP contribution in [0, 0.1) is 13.8 Å². The maximum Gasteiger partial charge on any atom is 0.248 e. The van der Waals surface area contributed by atoms with E-state index in [4.69, 9.17) is 4.74 Å². The number of amides is 1. The van der Waals surface area contributed by atoms with Crippen molar-refractivity contribution in [2.75, 3.05) is 23.0 Å². The molecule has 2 aromatic carbocycles. The summed E-state index contributed by atoms with van der Waals surface area (Å²) in [4.78, 5) is 12.9. The number of nitrogens with one attached hydrogen (secondary N) is 1. The summed E-state index contributed by atoms with van der Waals surface area (Å²) in [5.41, 5.74) is 3.11. The Morgan fingerprint density at radius 2 is 1.67 bits per heavy atom. The summed E-state index contributed by atoms with van der Waals surface area (Å²) in [6.45, 7) is 5.67. The molecular formula is C20H26N2O4S. The van der Waals surface area contributed by atoms with E-state index in [1.807, 2.05) is 32.0 Å². The van der Waals surface area contributed by atoms with Crippen molar-refractivity contribution in [1.29, 1.82) is 0 Å². The van der Waals surface area contributed by atoms with Gasteiger partial charge in [-0.15, -0.1) is 0 Å². The Hall–Kier alpha value is -2.54. The van der Waals surface area contributed by atoms with Crippen LogP contribution in [0.4, 0.5) is 11.4 Å². The minimum atomic E-state index is -3.67. The van der Waals surface area contributed by atoms with Gasteiger partial charge in [-0.25, -0.2) is 8.42 Å². The first-order valence-corrected chi connectivity index (χ1v) is 10.5.